The number of aliphatic hydroxyl groups is 1. The number of carbonyl (C=O) groups excluding carboxylic acids is 1. The van der Waals surface area contributed by atoms with Gasteiger partial charge in [0, 0.05) is 0 Å². The van der Waals surface area contributed by atoms with E-state index < -0.39 is 5.97 Å². The molecule has 28 heavy (non-hydrogen) atoms. The first kappa shape index (κ1) is 20.2. The first-order valence-electron chi connectivity index (χ1n) is 9.75. The fraction of sp³-hybridized carbons (Fsp3) is 0.435. The molecule has 1 aliphatic carbocycles. The molecule has 5 nitrogen and oxygen atoms in total. The average molecular weight is 384 g/mol. The van der Waals surface area contributed by atoms with Crippen molar-refractivity contribution < 1.29 is 24.1 Å². The minimum absolute atomic E-state index is 0.153. The summed E-state index contributed by atoms with van der Waals surface area (Å²) in [6.07, 6.45) is 3.55. The Morgan fingerprint density at radius 1 is 0.964 bits per heavy atom. The Morgan fingerprint density at radius 3 is 2.21 bits per heavy atom. The highest BCUT2D eigenvalue weighted by atomic mass is 16.5. The van der Waals surface area contributed by atoms with E-state index in [9.17, 15) is 9.90 Å². The zero-order valence-electron chi connectivity index (χ0n) is 16.7. The van der Waals surface area contributed by atoms with Crippen molar-refractivity contribution in [2.24, 2.45) is 5.92 Å². The molecule has 0 aliphatic heterocycles. The molecule has 0 saturated heterocycles. The second kappa shape index (κ2) is 9.11. The molecule has 1 N–H and O–H groups in total. The normalized spacial score (nSPS) is 19.1. The van der Waals surface area contributed by atoms with E-state index >= 15 is 0 Å². The zero-order chi connectivity index (χ0) is 20.1. The maximum Gasteiger partial charge on any atom is 0.343 e. The lowest BCUT2D eigenvalue weighted by molar-refractivity contribution is 0.0732. The zero-order valence-corrected chi connectivity index (χ0v) is 16.7. The molecular formula is C23H28O5. The first-order chi connectivity index (χ1) is 13.5. The molecule has 0 spiro atoms. The summed E-state index contributed by atoms with van der Waals surface area (Å²) in [7, 11) is 1.58. The van der Waals surface area contributed by atoms with Crippen molar-refractivity contribution in [3.8, 4) is 17.2 Å². The maximum absolute atomic E-state index is 12.4. The molecule has 2 aromatic rings. The Hall–Kier alpha value is -2.53. The van der Waals surface area contributed by atoms with E-state index in [0.717, 1.165) is 42.6 Å². The highest BCUT2D eigenvalue weighted by molar-refractivity contribution is 5.91. The van der Waals surface area contributed by atoms with Gasteiger partial charge in [-0.05, 0) is 93.0 Å². The van der Waals surface area contributed by atoms with Crippen LogP contribution in [0.5, 0.6) is 17.2 Å². The summed E-state index contributed by atoms with van der Waals surface area (Å²) in [5.74, 6) is 2.12. The third-order valence-electron chi connectivity index (χ3n) is 5.51. The summed E-state index contributed by atoms with van der Waals surface area (Å²) in [5, 5.41) is 9.62. The van der Waals surface area contributed by atoms with Crippen molar-refractivity contribution in [1.82, 2.24) is 0 Å². The summed E-state index contributed by atoms with van der Waals surface area (Å²) < 4.78 is 16.7. The molecular weight excluding hydrogens is 356 g/mol. The van der Waals surface area contributed by atoms with Crippen LogP contribution in [0.25, 0.3) is 0 Å². The van der Waals surface area contributed by atoms with Crippen LogP contribution in [0.3, 0.4) is 0 Å². The molecule has 0 bridgehead atoms. The molecule has 150 valence electrons. The number of aliphatic hydroxyl groups excluding tert-OH is 1. The molecule has 3 rings (SSSR count). The average Bonchev–Trinajstić information content (AvgIpc) is 2.72. The maximum atomic E-state index is 12.4. The minimum Gasteiger partial charge on any atom is -0.497 e. The van der Waals surface area contributed by atoms with Gasteiger partial charge in [0.1, 0.15) is 17.2 Å². The molecule has 0 amide bonds. The number of hydrogen-bond acceptors (Lipinski definition) is 5. The summed E-state index contributed by atoms with van der Waals surface area (Å²) in [6.45, 7) is 4.55. The molecule has 0 radical (unpaired) electrons. The topological polar surface area (TPSA) is 65.0 Å². The highest BCUT2D eigenvalue weighted by Gasteiger charge is 2.20. The van der Waals surface area contributed by atoms with Gasteiger partial charge in [0.15, 0.2) is 0 Å². The molecule has 5 heteroatoms. The number of ether oxygens (including phenoxy) is 3. The smallest absolute Gasteiger partial charge is 0.343 e. The van der Waals surface area contributed by atoms with Gasteiger partial charge >= 0.3 is 5.97 Å². The van der Waals surface area contributed by atoms with Crippen LogP contribution in [0, 0.1) is 19.8 Å². The van der Waals surface area contributed by atoms with Crippen LogP contribution < -0.4 is 14.2 Å². The fourth-order valence-electron chi connectivity index (χ4n) is 3.44. The van der Waals surface area contributed by atoms with Gasteiger partial charge in [-0.3, -0.25) is 0 Å². The van der Waals surface area contributed by atoms with Gasteiger partial charge in [0.05, 0.1) is 25.4 Å². The van der Waals surface area contributed by atoms with E-state index in [1.807, 2.05) is 19.9 Å². The summed E-state index contributed by atoms with van der Waals surface area (Å²) in [6, 6.07) is 10.5. The van der Waals surface area contributed by atoms with Crippen LogP contribution >= 0.6 is 0 Å². The van der Waals surface area contributed by atoms with Crippen LogP contribution in [0.4, 0.5) is 0 Å². The molecule has 0 atom stereocenters. The van der Waals surface area contributed by atoms with Crippen LogP contribution in [0.1, 0.15) is 47.2 Å². The molecule has 2 aromatic carbocycles. The number of esters is 1. The predicted molar refractivity (Wildman–Crippen MR) is 107 cm³/mol. The first-order valence-corrected chi connectivity index (χ1v) is 9.75. The molecule has 1 saturated carbocycles. The van der Waals surface area contributed by atoms with Gasteiger partial charge in [-0.15, -0.1) is 0 Å². The lowest BCUT2D eigenvalue weighted by Crippen LogP contribution is -2.22. The number of benzene rings is 2. The molecule has 0 aromatic heterocycles. The largest absolute Gasteiger partial charge is 0.497 e. The molecule has 0 unspecified atom stereocenters. The predicted octanol–water partition coefficient (Wildman–Crippen LogP) is 4.46. The Morgan fingerprint density at radius 2 is 1.57 bits per heavy atom. The summed E-state index contributed by atoms with van der Waals surface area (Å²) >= 11 is 0. The van der Waals surface area contributed by atoms with E-state index in [0.29, 0.717) is 29.6 Å². The Kier molecular flexibility index (Phi) is 6.57. The van der Waals surface area contributed by atoms with Gasteiger partial charge in [0.2, 0.25) is 0 Å². The second-order valence-electron chi connectivity index (χ2n) is 7.42. The SMILES string of the molecule is COc1ccc(C(=O)Oc2ccc(OCC3CCC(O)CC3)c(C)c2C)cc1. The quantitative estimate of drug-likeness (QED) is 0.588. The van der Waals surface area contributed by atoms with Gasteiger partial charge < -0.3 is 19.3 Å². The fourth-order valence-corrected chi connectivity index (χ4v) is 3.44. The van der Waals surface area contributed by atoms with Crippen molar-refractivity contribution in [2.45, 2.75) is 45.6 Å². The summed E-state index contributed by atoms with van der Waals surface area (Å²) in [4.78, 5) is 12.4. The van der Waals surface area contributed by atoms with E-state index in [1.54, 1.807) is 37.4 Å². The van der Waals surface area contributed by atoms with E-state index in [-0.39, 0.29) is 6.10 Å². The molecule has 1 fully saturated rings. The van der Waals surface area contributed by atoms with Gasteiger partial charge in [-0.25, -0.2) is 4.79 Å². The molecule has 0 heterocycles. The van der Waals surface area contributed by atoms with Crippen LogP contribution in [-0.2, 0) is 0 Å². The lowest BCUT2D eigenvalue weighted by atomic mass is 9.88. The number of rotatable bonds is 6. The van der Waals surface area contributed by atoms with Gasteiger partial charge in [-0.1, -0.05) is 0 Å². The summed E-state index contributed by atoms with van der Waals surface area (Å²) in [5.41, 5.74) is 2.33. The third-order valence-corrected chi connectivity index (χ3v) is 5.51. The third kappa shape index (κ3) is 4.84. The van der Waals surface area contributed by atoms with Crippen LogP contribution in [0.2, 0.25) is 0 Å². The second-order valence-corrected chi connectivity index (χ2v) is 7.42. The highest BCUT2D eigenvalue weighted by Crippen LogP contribution is 2.31. The van der Waals surface area contributed by atoms with Gasteiger partial charge in [-0.2, -0.15) is 0 Å². The van der Waals surface area contributed by atoms with Crippen LogP contribution in [-0.4, -0.2) is 30.9 Å². The van der Waals surface area contributed by atoms with Gasteiger partial charge in [0.25, 0.3) is 0 Å². The van der Waals surface area contributed by atoms with Crippen molar-refractivity contribution in [3.05, 3.63) is 53.1 Å². The number of hydrogen-bond donors (Lipinski definition) is 1. The van der Waals surface area contributed by atoms with Crippen molar-refractivity contribution in [3.63, 3.8) is 0 Å². The van der Waals surface area contributed by atoms with Crippen molar-refractivity contribution in [1.29, 1.82) is 0 Å². The Balaban J connectivity index is 1.63. The van der Waals surface area contributed by atoms with Crippen molar-refractivity contribution in [2.75, 3.05) is 13.7 Å². The minimum atomic E-state index is -0.403. The van der Waals surface area contributed by atoms with E-state index in [2.05, 4.69) is 0 Å². The number of carbonyl (C=O) groups is 1. The Labute approximate surface area is 166 Å². The monoisotopic (exact) mass is 384 g/mol. The standard InChI is InChI=1S/C23H28O5/c1-15-16(2)22(28-23(25)18-6-10-20(26-3)11-7-18)13-12-21(15)27-14-17-4-8-19(24)9-5-17/h6-7,10-13,17,19,24H,4-5,8-9,14H2,1-3H3. The van der Waals surface area contributed by atoms with Crippen molar-refractivity contribution >= 4 is 5.97 Å². The van der Waals surface area contributed by atoms with Crippen LogP contribution in [0.15, 0.2) is 36.4 Å². The lowest BCUT2D eigenvalue weighted by Gasteiger charge is -2.25. The van der Waals surface area contributed by atoms with E-state index in [1.165, 1.54) is 0 Å². The Bertz CT molecular complexity index is 804. The molecule has 1 aliphatic rings. The number of methoxy groups -OCH3 is 1. The van der Waals surface area contributed by atoms with E-state index in [4.69, 9.17) is 14.2 Å².